The second kappa shape index (κ2) is 18.0. The zero-order valence-corrected chi connectivity index (χ0v) is 43.6. The minimum Gasteiger partial charge on any atom is -0.790 e. The van der Waals surface area contributed by atoms with Crippen LogP contribution in [0.3, 0.4) is 0 Å². The maximum atomic E-state index is 17.0. The third kappa shape index (κ3) is 7.72. The third-order valence-corrected chi connectivity index (χ3v) is 18.5. The molecule has 6 saturated carbocycles. The van der Waals surface area contributed by atoms with Crippen molar-refractivity contribution in [2.45, 2.75) is 135 Å². The van der Waals surface area contributed by atoms with Gasteiger partial charge in [-0.3, -0.25) is 24.0 Å². The molecule has 0 aromatic heterocycles. The van der Waals surface area contributed by atoms with Gasteiger partial charge in [0, 0.05) is 40.4 Å². The fourth-order valence-electron chi connectivity index (χ4n) is 14.8. The predicted octanol–water partition coefficient (Wildman–Crippen LogP) is -2.78. The fraction of sp³-hybridized carbons (Fsp3) is 0.717. The molecule has 16 atom stereocenters. The van der Waals surface area contributed by atoms with Gasteiger partial charge >= 0.3 is 65.1 Å². The maximum absolute atomic E-state index is 17.0. The van der Waals surface area contributed by atoms with Crippen LogP contribution in [0.25, 0.3) is 0 Å². The largest absolute Gasteiger partial charge is 1.00 e. The summed E-state index contributed by atoms with van der Waals surface area (Å²) < 4.78 is 53.9. The van der Waals surface area contributed by atoms with Gasteiger partial charge in [-0.05, 0) is 113 Å². The molecule has 0 unspecified atom stereocenters. The van der Waals surface area contributed by atoms with Crippen LogP contribution in [0.5, 0.6) is 0 Å². The molecule has 8 rings (SSSR count). The van der Waals surface area contributed by atoms with E-state index in [1.165, 1.54) is 37.3 Å². The van der Waals surface area contributed by atoms with E-state index in [1.54, 1.807) is 47.6 Å². The van der Waals surface area contributed by atoms with Crippen molar-refractivity contribution >= 4 is 36.9 Å². The molecular weight excluding hydrogens is 891 g/mol. The molecule has 0 saturated heterocycles. The van der Waals surface area contributed by atoms with Crippen LogP contribution >= 0.6 is 7.82 Å². The minimum atomic E-state index is -5.43. The van der Waals surface area contributed by atoms with Gasteiger partial charge in [-0.15, -0.1) is 0 Å². The molecule has 14 nitrogen and oxygen atoms in total. The minimum absolute atomic E-state index is 0. The molecule has 0 amide bonds. The van der Waals surface area contributed by atoms with Crippen molar-refractivity contribution in [2.24, 2.45) is 57.2 Å². The SMILES string of the molecule is CC(=O)OCC(=O)[C@@]1(O)[C@@H](C)C[C@H]2[C@@H]3CCC4=CC(=O)C=C[C@]4(C)[C@@]3(F)[C@@H](O)C[C@@]21C.C[C@H]1C[C@H]2[C@@H]3CCC4=CC(=O)C=C[C@]4(C)[C@@]3(F)[C@@H](O)C[C@]2(C)[C@@]1(O)C(=O)COP(=O)([O-])[O-].[Na+].[Na+]. The fourth-order valence-corrected chi connectivity index (χ4v) is 15.1. The van der Waals surface area contributed by atoms with E-state index in [0.717, 1.165) is 0 Å². The third-order valence-electron chi connectivity index (χ3n) is 18.1. The van der Waals surface area contributed by atoms with Crippen LogP contribution in [0.4, 0.5) is 8.78 Å². The molecule has 65 heavy (non-hydrogen) atoms. The first-order chi connectivity index (χ1) is 28.9. The van der Waals surface area contributed by atoms with Gasteiger partial charge in [0.05, 0.1) is 20.0 Å². The van der Waals surface area contributed by atoms with Crippen molar-refractivity contribution in [3.63, 3.8) is 0 Å². The molecule has 19 heteroatoms. The zero-order valence-electron chi connectivity index (χ0n) is 38.7. The number of Topliss-reactive ketones (excluding diaryl/α,β-unsaturated/α-hetero) is 2. The first-order valence-corrected chi connectivity index (χ1v) is 23.3. The molecule has 8 aliphatic carbocycles. The van der Waals surface area contributed by atoms with Crippen molar-refractivity contribution in [3.8, 4) is 0 Å². The van der Waals surface area contributed by atoms with Gasteiger partial charge in [-0.25, -0.2) is 8.78 Å². The van der Waals surface area contributed by atoms with Crippen LogP contribution < -0.4 is 68.9 Å². The van der Waals surface area contributed by atoms with Crippen LogP contribution in [0.1, 0.15) is 99.8 Å². The zero-order chi connectivity index (χ0) is 46.9. The van der Waals surface area contributed by atoms with Crippen molar-refractivity contribution in [1.29, 1.82) is 0 Å². The summed E-state index contributed by atoms with van der Waals surface area (Å²) in [5.74, 6) is -5.86. The van der Waals surface area contributed by atoms with E-state index in [-0.39, 0.29) is 95.9 Å². The van der Waals surface area contributed by atoms with E-state index in [0.29, 0.717) is 43.3 Å². The van der Waals surface area contributed by atoms with Crippen LogP contribution in [0, 0.1) is 57.2 Å². The summed E-state index contributed by atoms with van der Waals surface area (Å²) in [5.41, 5.74) is -11.4. The number of carbonyl (C=O) groups excluding carboxylic acids is 5. The summed E-state index contributed by atoms with van der Waals surface area (Å²) in [6, 6.07) is 0. The van der Waals surface area contributed by atoms with Crippen molar-refractivity contribution in [2.75, 3.05) is 13.2 Å². The van der Waals surface area contributed by atoms with Gasteiger partial charge in [0.25, 0.3) is 0 Å². The number of hydrogen-bond acceptors (Lipinski definition) is 14. The number of alkyl halides is 2. The Morgan fingerprint density at radius 3 is 1.45 bits per heavy atom. The molecule has 0 aromatic carbocycles. The number of ketones is 4. The van der Waals surface area contributed by atoms with E-state index >= 15 is 8.78 Å². The summed E-state index contributed by atoms with van der Waals surface area (Å²) in [6.45, 7) is 9.69. The average molecular weight is 951 g/mol. The van der Waals surface area contributed by atoms with Gasteiger partial charge in [0.1, 0.15) is 17.8 Å². The van der Waals surface area contributed by atoms with Gasteiger partial charge in [-0.1, -0.05) is 51.0 Å². The number of esters is 1. The molecule has 348 valence electrons. The number of carbonyl (C=O) groups is 5. The molecule has 0 spiro atoms. The summed E-state index contributed by atoms with van der Waals surface area (Å²) in [4.78, 5) is 82.7. The van der Waals surface area contributed by atoms with Crippen molar-refractivity contribution in [3.05, 3.63) is 47.6 Å². The van der Waals surface area contributed by atoms with Crippen LogP contribution in [0.2, 0.25) is 0 Å². The number of rotatable bonds is 7. The predicted molar refractivity (Wildman–Crippen MR) is 216 cm³/mol. The van der Waals surface area contributed by atoms with Crippen molar-refractivity contribution in [1.82, 2.24) is 0 Å². The number of hydrogen-bond donors (Lipinski definition) is 4. The Morgan fingerprint density at radius 2 is 1.09 bits per heavy atom. The summed E-state index contributed by atoms with van der Waals surface area (Å²) in [7, 11) is -5.43. The smallest absolute Gasteiger partial charge is 0.790 e. The molecule has 0 radical (unpaired) electrons. The Labute approximate surface area is 422 Å². The summed E-state index contributed by atoms with van der Waals surface area (Å²) in [5, 5.41) is 45.7. The Hall–Kier alpha value is -1.08. The van der Waals surface area contributed by atoms with Gasteiger partial charge in [0.15, 0.2) is 35.3 Å². The number of phosphoric acid groups is 1. The number of aliphatic hydroxyl groups excluding tert-OH is 2. The molecule has 0 heterocycles. The Balaban J connectivity index is 0.000000237. The maximum Gasteiger partial charge on any atom is 1.00 e. The number of aliphatic hydroxyl groups is 4. The number of phosphoric ester groups is 1. The monoisotopic (exact) mass is 950 g/mol. The van der Waals surface area contributed by atoms with Gasteiger partial charge in [0.2, 0.25) is 5.78 Å². The van der Waals surface area contributed by atoms with E-state index in [4.69, 9.17) is 4.74 Å². The van der Waals surface area contributed by atoms with Crippen LogP contribution in [0.15, 0.2) is 47.6 Å². The second-order valence-electron chi connectivity index (χ2n) is 20.7. The Bertz CT molecular complexity index is 2200. The summed E-state index contributed by atoms with van der Waals surface area (Å²) in [6.07, 6.45) is 7.82. The normalized spacial score (nSPS) is 46.7. The topological polar surface area (TPSA) is 248 Å². The molecule has 6 fully saturated rings. The average Bonchev–Trinajstić information content (AvgIpc) is 3.52. The van der Waals surface area contributed by atoms with Crippen LogP contribution in [-0.4, -0.2) is 97.5 Å². The van der Waals surface area contributed by atoms with E-state index in [9.17, 15) is 58.8 Å². The first-order valence-electron chi connectivity index (χ1n) is 21.9. The number of fused-ring (bicyclic) bond motifs is 10. The standard InChI is InChI=1S/C24H31FO6.C22H30FO8P.2Na/c1-13-9-18-17-6-5-15-10-16(27)7-8-21(15,3)23(17,25)19(28)11-22(18,4)24(13,30)20(29)12-31-14(2)26;1-12-8-16-15-5-4-13-9-14(24)6-7-19(13,2)21(15,23)17(25)10-20(16,3)22(12,27)18(26)11-31-32(28,29)30;;/h7-8,10,13,17-19,28,30H,5-6,9,11-12H2,1-4H3;6-7,9,12,15-17,25,27H,4-5,8,10-11H2,1-3H3,(H2,28,29,30);;/q;;2*+1/p-2/t13-,17-,18-,19-,21-,22-,23-,24-;12-,15-,16-,17-,19-,20-,21-,22-;;/m00../s1. The molecule has 4 N–H and O–H groups in total. The first kappa shape index (κ1) is 54.9. The Kier molecular flexibility index (Phi) is 15.2. The molecule has 0 aliphatic heterocycles. The molecule has 0 bridgehead atoms. The summed E-state index contributed by atoms with van der Waals surface area (Å²) >= 11 is 0. The van der Waals surface area contributed by atoms with Crippen molar-refractivity contribution < 1.29 is 136 Å². The number of halogens is 2. The van der Waals surface area contributed by atoms with E-state index in [2.05, 4.69) is 4.52 Å². The molecule has 8 aliphatic rings. The number of allylic oxidation sites excluding steroid dienone is 8. The number of ether oxygens (including phenoxy) is 1. The second-order valence-corrected chi connectivity index (χ2v) is 21.8. The Morgan fingerprint density at radius 1 is 0.723 bits per heavy atom. The molecular formula is C46H59F2Na2O14P. The van der Waals surface area contributed by atoms with E-state index < -0.39 is 125 Å². The van der Waals surface area contributed by atoms with Gasteiger partial charge in [-0.2, -0.15) is 0 Å². The van der Waals surface area contributed by atoms with Gasteiger partial charge < -0.3 is 44.0 Å². The van der Waals surface area contributed by atoms with E-state index in [1.807, 2.05) is 0 Å². The van der Waals surface area contributed by atoms with Crippen LogP contribution in [-0.2, 0) is 37.8 Å². The molecule has 0 aromatic rings. The quantitative estimate of drug-likeness (QED) is 0.115.